The second kappa shape index (κ2) is 10.7. The maximum absolute atomic E-state index is 11.6. The molecule has 12 heteroatoms. The van der Waals surface area contributed by atoms with Gasteiger partial charge in [-0.15, -0.1) is 0 Å². The summed E-state index contributed by atoms with van der Waals surface area (Å²) in [5, 5.41) is 17.3. The average molecular weight is 355 g/mol. The fourth-order valence-electron chi connectivity index (χ4n) is 1.47. The Morgan fingerprint density at radius 3 is 2.30 bits per heavy atom. The number of nitrogens with two attached hydrogens (primary N) is 1. The highest BCUT2D eigenvalue weighted by Crippen LogP contribution is 2.02. The van der Waals surface area contributed by atoms with E-state index in [1.54, 1.807) is 0 Å². The van der Waals surface area contributed by atoms with Crippen LogP contribution in [0.25, 0.3) is 0 Å². The average Bonchev–Trinajstić information content (AvgIpc) is 2.41. The van der Waals surface area contributed by atoms with Crippen molar-refractivity contribution in [3.63, 3.8) is 0 Å². The van der Waals surface area contributed by atoms with Gasteiger partial charge in [-0.05, 0) is 25.8 Å². The molecule has 0 fully saturated rings. The second-order valence-electron chi connectivity index (χ2n) is 4.53. The van der Waals surface area contributed by atoms with Gasteiger partial charge in [0, 0.05) is 6.42 Å². The van der Waals surface area contributed by atoms with Crippen LogP contribution in [0.2, 0.25) is 0 Å². The minimum atomic E-state index is -4.42. The number of carbonyl (C=O) groups is 3. The van der Waals surface area contributed by atoms with Gasteiger partial charge in [-0.3, -0.25) is 9.59 Å². The molecule has 0 aliphatic heterocycles. The standard InChI is InChI=1S/C11H21N3O8S/c12-6-2-1-4-8(10(17)18)13-23(20,21)14-11(19)22-7-3-5-9(15)16/h8,13H,1-7,12H2,(H,14,19)(H,15,16)(H,17,18). The Hall–Kier alpha value is -1.92. The fourth-order valence-corrected chi connectivity index (χ4v) is 2.40. The molecule has 0 aromatic carbocycles. The summed E-state index contributed by atoms with van der Waals surface area (Å²) in [6.45, 7) is 0.0620. The molecule has 0 aliphatic carbocycles. The summed E-state index contributed by atoms with van der Waals surface area (Å²) < 4.78 is 31.0. The lowest BCUT2D eigenvalue weighted by atomic mass is 10.1. The van der Waals surface area contributed by atoms with Crippen molar-refractivity contribution < 1.29 is 37.8 Å². The Labute approximate surface area is 133 Å². The van der Waals surface area contributed by atoms with Gasteiger partial charge < -0.3 is 20.7 Å². The largest absolute Gasteiger partial charge is 0.481 e. The quantitative estimate of drug-likeness (QED) is 0.274. The summed E-state index contributed by atoms with van der Waals surface area (Å²) in [7, 11) is -4.42. The van der Waals surface area contributed by atoms with Crippen LogP contribution in [0.15, 0.2) is 0 Å². The molecule has 1 atom stereocenters. The number of carbonyl (C=O) groups excluding carboxylic acids is 1. The smallest absolute Gasteiger partial charge is 0.421 e. The van der Waals surface area contributed by atoms with Crippen molar-refractivity contribution in [2.75, 3.05) is 13.2 Å². The molecule has 0 spiro atoms. The molecule has 0 radical (unpaired) electrons. The first-order valence-corrected chi connectivity index (χ1v) is 8.27. The summed E-state index contributed by atoms with van der Waals surface area (Å²) in [5.74, 6) is -2.47. The van der Waals surface area contributed by atoms with Crippen molar-refractivity contribution in [2.45, 2.75) is 38.1 Å². The van der Waals surface area contributed by atoms with E-state index in [4.69, 9.17) is 15.9 Å². The zero-order valence-electron chi connectivity index (χ0n) is 12.4. The van der Waals surface area contributed by atoms with Crippen LogP contribution in [0.3, 0.4) is 0 Å². The highest BCUT2D eigenvalue weighted by molar-refractivity contribution is 7.88. The van der Waals surface area contributed by atoms with E-state index in [-0.39, 0.29) is 25.9 Å². The van der Waals surface area contributed by atoms with Crippen LogP contribution in [-0.4, -0.2) is 55.9 Å². The van der Waals surface area contributed by atoms with Crippen LogP contribution in [0.5, 0.6) is 0 Å². The van der Waals surface area contributed by atoms with E-state index in [1.807, 2.05) is 4.72 Å². The lowest BCUT2D eigenvalue weighted by Crippen LogP contribution is -2.48. The Morgan fingerprint density at radius 1 is 1.13 bits per heavy atom. The lowest BCUT2D eigenvalue weighted by molar-refractivity contribution is -0.139. The molecule has 6 N–H and O–H groups in total. The Kier molecular flexibility index (Phi) is 9.85. The lowest BCUT2D eigenvalue weighted by Gasteiger charge is -2.15. The van der Waals surface area contributed by atoms with Gasteiger partial charge in [0.15, 0.2) is 0 Å². The summed E-state index contributed by atoms with van der Waals surface area (Å²) in [6.07, 6.45) is -0.594. The van der Waals surface area contributed by atoms with E-state index in [0.717, 1.165) is 0 Å². The summed E-state index contributed by atoms with van der Waals surface area (Å²) >= 11 is 0. The third kappa shape index (κ3) is 11.3. The van der Waals surface area contributed by atoms with Gasteiger partial charge in [0.2, 0.25) is 0 Å². The molecular weight excluding hydrogens is 334 g/mol. The minimum Gasteiger partial charge on any atom is -0.481 e. The van der Waals surface area contributed by atoms with Gasteiger partial charge in [-0.2, -0.15) is 13.1 Å². The summed E-state index contributed by atoms with van der Waals surface area (Å²) in [4.78, 5) is 32.5. The molecular formula is C11H21N3O8S. The normalized spacial score (nSPS) is 12.4. The molecule has 0 saturated heterocycles. The molecule has 1 amide bonds. The zero-order chi connectivity index (χ0) is 17.9. The van der Waals surface area contributed by atoms with Crippen molar-refractivity contribution >= 4 is 28.2 Å². The van der Waals surface area contributed by atoms with Crippen LogP contribution in [0.1, 0.15) is 32.1 Å². The first-order valence-electron chi connectivity index (χ1n) is 6.79. The van der Waals surface area contributed by atoms with Crippen molar-refractivity contribution in [1.82, 2.24) is 9.44 Å². The van der Waals surface area contributed by atoms with Crippen molar-refractivity contribution in [1.29, 1.82) is 0 Å². The van der Waals surface area contributed by atoms with Gasteiger partial charge in [-0.25, -0.2) is 9.52 Å². The molecule has 134 valence electrons. The maximum atomic E-state index is 11.6. The zero-order valence-corrected chi connectivity index (χ0v) is 13.2. The van der Waals surface area contributed by atoms with Gasteiger partial charge >= 0.3 is 28.2 Å². The molecule has 11 nitrogen and oxygen atoms in total. The van der Waals surface area contributed by atoms with Crippen LogP contribution in [0, 0.1) is 0 Å². The number of nitrogens with one attached hydrogen (secondary N) is 2. The highest BCUT2D eigenvalue weighted by Gasteiger charge is 2.25. The van der Waals surface area contributed by atoms with Crippen molar-refractivity contribution in [2.24, 2.45) is 5.73 Å². The number of carboxylic acid groups (broad SMARTS) is 2. The fraction of sp³-hybridized carbons (Fsp3) is 0.727. The topological polar surface area (TPSA) is 185 Å². The third-order valence-corrected chi connectivity index (χ3v) is 3.56. The molecule has 0 bridgehead atoms. The van der Waals surface area contributed by atoms with E-state index >= 15 is 0 Å². The number of carboxylic acids is 2. The molecule has 1 unspecified atom stereocenters. The van der Waals surface area contributed by atoms with Crippen LogP contribution in [0.4, 0.5) is 4.79 Å². The van der Waals surface area contributed by atoms with E-state index in [1.165, 1.54) is 4.72 Å². The van der Waals surface area contributed by atoms with Gasteiger partial charge in [-0.1, -0.05) is 6.42 Å². The van der Waals surface area contributed by atoms with E-state index in [0.29, 0.717) is 19.4 Å². The van der Waals surface area contributed by atoms with Crippen molar-refractivity contribution in [3.05, 3.63) is 0 Å². The van der Waals surface area contributed by atoms with Crippen molar-refractivity contribution in [3.8, 4) is 0 Å². The minimum absolute atomic E-state index is 0.0150. The van der Waals surface area contributed by atoms with E-state index in [9.17, 15) is 22.8 Å². The second-order valence-corrected chi connectivity index (χ2v) is 5.98. The number of aliphatic carboxylic acids is 2. The number of amides is 1. The summed E-state index contributed by atoms with van der Waals surface area (Å²) in [5.41, 5.74) is 5.26. The Bertz CT molecular complexity index is 507. The third-order valence-electron chi connectivity index (χ3n) is 2.53. The first kappa shape index (κ1) is 21.1. The number of rotatable bonds is 12. The van der Waals surface area contributed by atoms with Crippen LogP contribution >= 0.6 is 0 Å². The summed E-state index contributed by atoms with van der Waals surface area (Å²) in [6, 6.07) is -1.40. The molecule has 0 aliphatic rings. The predicted molar refractivity (Wildman–Crippen MR) is 77.7 cm³/mol. The molecule has 0 heterocycles. The number of ether oxygens (including phenoxy) is 1. The van der Waals surface area contributed by atoms with Gasteiger partial charge in [0.1, 0.15) is 6.04 Å². The van der Waals surface area contributed by atoms with E-state index < -0.39 is 34.3 Å². The first-order chi connectivity index (χ1) is 10.7. The number of hydrogen-bond donors (Lipinski definition) is 5. The van der Waals surface area contributed by atoms with Gasteiger partial charge in [0.25, 0.3) is 0 Å². The SMILES string of the molecule is NCCCCC(NS(=O)(=O)NC(=O)OCCCC(=O)O)C(=O)O. The Morgan fingerprint density at radius 2 is 1.78 bits per heavy atom. The van der Waals surface area contributed by atoms with Gasteiger partial charge in [0.05, 0.1) is 6.61 Å². The molecule has 0 saturated carbocycles. The molecule has 0 aromatic rings. The molecule has 0 aromatic heterocycles. The maximum Gasteiger partial charge on any atom is 0.421 e. The van der Waals surface area contributed by atoms with Crippen LogP contribution < -0.4 is 15.2 Å². The van der Waals surface area contributed by atoms with E-state index in [2.05, 4.69) is 4.74 Å². The monoisotopic (exact) mass is 355 g/mol. The van der Waals surface area contributed by atoms with Crippen LogP contribution in [-0.2, 0) is 24.5 Å². The highest BCUT2D eigenvalue weighted by atomic mass is 32.2. The number of hydrogen-bond acceptors (Lipinski definition) is 7. The molecule has 23 heavy (non-hydrogen) atoms. The predicted octanol–water partition coefficient (Wildman–Crippen LogP) is -1.01. The number of unbranched alkanes of at least 4 members (excludes halogenated alkanes) is 1. The Balaban J connectivity index is 4.34. The molecule has 0 rings (SSSR count).